The molecule has 0 atom stereocenters. The van der Waals surface area contributed by atoms with Crippen molar-refractivity contribution in [2.24, 2.45) is 0 Å². The second kappa shape index (κ2) is 6.05. The third kappa shape index (κ3) is 2.84. The first-order chi connectivity index (χ1) is 11.7. The average Bonchev–Trinajstić information content (AvgIpc) is 3.18. The summed E-state index contributed by atoms with van der Waals surface area (Å²) >= 11 is 1.67. The molecule has 3 heterocycles. The predicted octanol–water partition coefficient (Wildman–Crippen LogP) is 3.29. The molecule has 0 aromatic carbocycles. The number of hydrogen-bond donors (Lipinski definition) is 0. The van der Waals surface area contributed by atoms with E-state index in [0.29, 0.717) is 5.92 Å². The van der Waals surface area contributed by atoms with E-state index in [1.54, 1.807) is 11.8 Å². The lowest BCUT2D eigenvalue weighted by Crippen LogP contribution is -2.02. The van der Waals surface area contributed by atoms with E-state index in [-0.39, 0.29) is 0 Å². The number of fused-ring (bicyclic) bond motifs is 1. The van der Waals surface area contributed by atoms with Crippen molar-refractivity contribution in [3.05, 3.63) is 47.8 Å². The Morgan fingerprint density at radius 1 is 1.29 bits per heavy atom. The van der Waals surface area contributed by atoms with Crippen molar-refractivity contribution in [3.63, 3.8) is 0 Å². The summed E-state index contributed by atoms with van der Waals surface area (Å²) in [5.74, 6) is 3.19. The van der Waals surface area contributed by atoms with Gasteiger partial charge in [0.05, 0.1) is 5.69 Å². The number of rotatable bonds is 6. The van der Waals surface area contributed by atoms with Crippen LogP contribution < -0.4 is 0 Å². The average molecular weight is 340 g/mol. The number of aryl methyl sites for hydroxylation is 2. The van der Waals surface area contributed by atoms with Crippen molar-refractivity contribution in [2.75, 3.05) is 0 Å². The van der Waals surface area contributed by atoms with E-state index in [2.05, 4.69) is 50.5 Å². The molecule has 0 aliphatic heterocycles. The molecule has 1 aliphatic carbocycles. The van der Waals surface area contributed by atoms with Crippen molar-refractivity contribution in [1.82, 2.24) is 29.1 Å². The molecule has 0 spiro atoms. The zero-order valence-corrected chi connectivity index (χ0v) is 14.8. The van der Waals surface area contributed by atoms with Crippen LogP contribution in [0.15, 0.2) is 30.1 Å². The van der Waals surface area contributed by atoms with E-state index in [9.17, 15) is 0 Å². The number of aromatic nitrogens is 6. The molecule has 6 nitrogen and oxygen atoms in total. The molecule has 0 saturated heterocycles. The smallest absolute Gasteiger partial charge is 0.234 e. The topological polar surface area (TPSA) is 60.9 Å². The Hall–Kier alpha value is -2.15. The highest BCUT2D eigenvalue weighted by Gasteiger charge is 2.30. The number of imidazole rings is 1. The minimum Gasteiger partial charge on any atom is -0.302 e. The summed E-state index contributed by atoms with van der Waals surface area (Å²) in [6.45, 7) is 8.67. The van der Waals surface area contributed by atoms with E-state index in [0.717, 1.165) is 46.1 Å². The van der Waals surface area contributed by atoms with Gasteiger partial charge in [0, 0.05) is 35.8 Å². The molecular formula is C17H20N6S. The number of allylic oxidation sites excluding steroid dienone is 1. The van der Waals surface area contributed by atoms with Gasteiger partial charge in [-0.15, -0.1) is 16.8 Å². The standard InChI is InChI=1S/C17H20N6S/c1-4-7-22-15(13-5-6-13)20-21-17(22)24-10-14-9-23-12(3)8-11(2)18-16(23)19-14/h4,8-9,13H,1,5-7,10H2,2-3H3. The highest BCUT2D eigenvalue weighted by Crippen LogP contribution is 2.40. The summed E-state index contributed by atoms with van der Waals surface area (Å²) in [5.41, 5.74) is 3.14. The molecule has 0 bridgehead atoms. The molecule has 3 aromatic rings. The summed E-state index contributed by atoms with van der Waals surface area (Å²) in [4.78, 5) is 9.12. The lowest BCUT2D eigenvalue weighted by molar-refractivity contribution is 0.681. The summed E-state index contributed by atoms with van der Waals surface area (Å²) < 4.78 is 4.21. The summed E-state index contributed by atoms with van der Waals surface area (Å²) in [7, 11) is 0. The van der Waals surface area contributed by atoms with Crippen LogP contribution in [0.5, 0.6) is 0 Å². The first-order valence-electron chi connectivity index (χ1n) is 8.14. The van der Waals surface area contributed by atoms with Crippen LogP contribution in [-0.2, 0) is 12.3 Å². The van der Waals surface area contributed by atoms with E-state index in [4.69, 9.17) is 0 Å². The van der Waals surface area contributed by atoms with E-state index in [1.165, 1.54) is 12.8 Å². The van der Waals surface area contributed by atoms with E-state index >= 15 is 0 Å². The van der Waals surface area contributed by atoms with Gasteiger partial charge in [-0.05, 0) is 32.8 Å². The van der Waals surface area contributed by atoms with Crippen LogP contribution in [0.4, 0.5) is 0 Å². The summed E-state index contributed by atoms with van der Waals surface area (Å²) in [6.07, 6.45) is 6.40. The Bertz CT molecular complexity index is 905. The SMILES string of the molecule is C=CCn1c(SCc2cn3c(C)cc(C)nc3n2)nnc1C1CC1. The van der Waals surface area contributed by atoms with Crippen LogP contribution in [-0.4, -0.2) is 29.1 Å². The van der Waals surface area contributed by atoms with Crippen LogP contribution in [0.3, 0.4) is 0 Å². The molecule has 7 heteroatoms. The van der Waals surface area contributed by atoms with Crippen molar-refractivity contribution in [2.45, 2.75) is 50.1 Å². The van der Waals surface area contributed by atoms with E-state index in [1.807, 2.05) is 17.4 Å². The molecule has 0 N–H and O–H groups in total. The molecule has 124 valence electrons. The van der Waals surface area contributed by atoms with E-state index < -0.39 is 0 Å². The fourth-order valence-corrected chi connectivity index (χ4v) is 3.72. The zero-order chi connectivity index (χ0) is 16.7. The maximum absolute atomic E-state index is 4.63. The quantitative estimate of drug-likeness (QED) is 0.509. The Morgan fingerprint density at radius 2 is 2.12 bits per heavy atom. The molecule has 1 saturated carbocycles. The van der Waals surface area contributed by atoms with Gasteiger partial charge in [-0.1, -0.05) is 17.8 Å². The normalized spacial score (nSPS) is 14.4. The van der Waals surface area contributed by atoms with Gasteiger partial charge in [0.1, 0.15) is 5.82 Å². The summed E-state index contributed by atoms with van der Waals surface area (Å²) in [6, 6.07) is 2.06. The highest BCUT2D eigenvalue weighted by molar-refractivity contribution is 7.98. The third-order valence-corrected chi connectivity index (χ3v) is 5.16. The zero-order valence-electron chi connectivity index (χ0n) is 13.9. The van der Waals surface area contributed by atoms with Crippen LogP contribution in [0.1, 0.15) is 41.7 Å². The monoisotopic (exact) mass is 340 g/mol. The Kier molecular flexibility index (Phi) is 3.88. The fourth-order valence-electron chi connectivity index (χ4n) is 2.88. The Balaban J connectivity index is 1.56. The van der Waals surface area contributed by atoms with Crippen LogP contribution in [0.25, 0.3) is 5.78 Å². The first kappa shape index (κ1) is 15.4. The van der Waals surface area contributed by atoms with Gasteiger partial charge in [0.2, 0.25) is 5.78 Å². The van der Waals surface area contributed by atoms with Crippen LogP contribution in [0.2, 0.25) is 0 Å². The maximum Gasteiger partial charge on any atom is 0.234 e. The van der Waals surface area contributed by atoms with Gasteiger partial charge < -0.3 is 4.57 Å². The molecular weight excluding hydrogens is 320 g/mol. The van der Waals surface area contributed by atoms with Crippen LogP contribution in [0, 0.1) is 13.8 Å². The first-order valence-corrected chi connectivity index (χ1v) is 9.13. The third-order valence-electron chi connectivity index (χ3n) is 4.16. The second-order valence-electron chi connectivity index (χ2n) is 6.24. The highest BCUT2D eigenvalue weighted by atomic mass is 32.2. The lowest BCUT2D eigenvalue weighted by atomic mass is 10.3. The maximum atomic E-state index is 4.63. The molecule has 4 rings (SSSR count). The van der Waals surface area contributed by atoms with Gasteiger partial charge >= 0.3 is 0 Å². The molecule has 0 radical (unpaired) electrons. The van der Waals surface area contributed by atoms with Gasteiger partial charge in [-0.2, -0.15) is 0 Å². The molecule has 0 amide bonds. The lowest BCUT2D eigenvalue weighted by Gasteiger charge is -2.05. The Morgan fingerprint density at radius 3 is 2.88 bits per heavy atom. The van der Waals surface area contributed by atoms with Crippen molar-refractivity contribution in [1.29, 1.82) is 0 Å². The number of hydrogen-bond acceptors (Lipinski definition) is 5. The Labute approximate surface area is 145 Å². The largest absolute Gasteiger partial charge is 0.302 e. The molecule has 1 fully saturated rings. The molecule has 1 aliphatic rings. The second-order valence-corrected chi connectivity index (χ2v) is 7.19. The van der Waals surface area contributed by atoms with Gasteiger partial charge in [0.15, 0.2) is 5.16 Å². The fraction of sp³-hybridized carbons (Fsp3) is 0.412. The van der Waals surface area contributed by atoms with Crippen molar-refractivity contribution in [3.8, 4) is 0 Å². The number of nitrogens with zero attached hydrogens (tertiary/aromatic N) is 6. The van der Waals surface area contributed by atoms with Gasteiger partial charge in [-0.25, -0.2) is 9.97 Å². The van der Waals surface area contributed by atoms with Gasteiger partial charge in [0.25, 0.3) is 0 Å². The molecule has 3 aromatic heterocycles. The number of thioether (sulfide) groups is 1. The minimum atomic E-state index is 0.580. The molecule has 0 unspecified atom stereocenters. The van der Waals surface area contributed by atoms with Crippen LogP contribution >= 0.6 is 11.8 Å². The van der Waals surface area contributed by atoms with Gasteiger partial charge in [-0.3, -0.25) is 4.40 Å². The van der Waals surface area contributed by atoms with Crippen molar-refractivity contribution >= 4 is 17.5 Å². The predicted molar refractivity (Wildman–Crippen MR) is 94.2 cm³/mol. The minimum absolute atomic E-state index is 0.580. The molecule has 24 heavy (non-hydrogen) atoms. The summed E-state index contributed by atoms with van der Waals surface area (Å²) in [5, 5.41) is 9.70. The van der Waals surface area contributed by atoms with Crippen molar-refractivity contribution < 1.29 is 0 Å².